The van der Waals surface area contributed by atoms with Crippen molar-refractivity contribution in [2.24, 2.45) is 7.05 Å². The zero-order chi connectivity index (χ0) is 10.4. The molecule has 0 bridgehead atoms. The van der Waals surface area contributed by atoms with Gasteiger partial charge in [0.05, 0.1) is 7.11 Å². The van der Waals surface area contributed by atoms with Crippen LogP contribution in [-0.4, -0.2) is 19.9 Å². The standard InChI is InChI=1S/C9H12NO4/c1-10-5-3-4-8(6-10)9(11)13-7-14-12-2/h3-6H,7H2,1-2H3/q+1. The Kier molecular flexibility index (Phi) is 4.03. The molecule has 0 radical (unpaired) electrons. The van der Waals surface area contributed by atoms with Crippen LogP contribution >= 0.6 is 0 Å². The minimum atomic E-state index is -0.446. The van der Waals surface area contributed by atoms with Crippen molar-refractivity contribution in [2.45, 2.75) is 0 Å². The summed E-state index contributed by atoms with van der Waals surface area (Å²) in [5.41, 5.74) is 0.467. The smallest absolute Gasteiger partial charge is 0.346 e. The van der Waals surface area contributed by atoms with Crippen LogP contribution in [-0.2, 0) is 21.6 Å². The van der Waals surface area contributed by atoms with E-state index < -0.39 is 5.97 Å². The predicted octanol–water partition coefficient (Wildman–Crippen LogP) is 0.203. The van der Waals surface area contributed by atoms with Crippen molar-refractivity contribution >= 4 is 5.97 Å². The van der Waals surface area contributed by atoms with Crippen molar-refractivity contribution in [3.8, 4) is 0 Å². The molecule has 0 atom stereocenters. The highest BCUT2D eigenvalue weighted by Crippen LogP contribution is 1.97. The van der Waals surface area contributed by atoms with Gasteiger partial charge in [0.2, 0.25) is 6.79 Å². The zero-order valence-electron chi connectivity index (χ0n) is 8.10. The van der Waals surface area contributed by atoms with E-state index in [0.29, 0.717) is 5.56 Å². The number of pyridine rings is 1. The first kappa shape index (κ1) is 10.6. The van der Waals surface area contributed by atoms with Crippen LogP contribution in [0, 0.1) is 0 Å². The van der Waals surface area contributed by atoms with Gasteiger partial charge in [-0.3, -0.25) is 0 Å². The summed E-state index contributed by atoms with van der Waals surface area (Å²) in [6.07, 6.45) is 3.48. The number of hydrogen-bond donors (Lipinski definition) is 0. The Labute approximate surface area is 81.8 Å². The van der Waals surface area contributed by atoms with Gasteiger partial charge in [0, 0.05) is 6.07 Å². The fourth-order valence-electron chi connectivity index (χ4n) is 0.918. The molecule has 14 heavy (non-hydrogen) atoms. The van der Waals surface area contributed by atoms with Crippen LogP contribution in [0.2, 0.25) is 0 Å². The molecule has 0 fully saturated rings. The second-order valence-corrected chi connectivity index (χ2v) is 2.59. The molecule has 0 amide bonds. The summed E-state index contributed by atoms with van der Waals surface area (Å²) in [5, 5.41) is 0. The van der Waals surface area contributed by atoms with Crippen molar-refractivity contribution in [1.82, 2.24) is 0 Å². The van der Waals surface area contributed by atoms with Gasteiger partial charge in [-0.15, -0.1) is 0 Å². The van der Waals surface area contributed by atoms with Crippen molar-refractivity contribution in [3.63, 3.8) is 0 Å². The second-order valence-electron chi connectivity index (χ2n) is 2.59. The number of aryl methyl sites for hydroxylation is 1. The van der Waals surface area contributed by atoms with Crippen LogP contribution in [0.5, 0.6) is 0 Å². The third-order valence-electron chi connectivity index (χ3n) is 1.53. The number of nitrogens with zero attached hydrogens (tertiary/aromatic N) is 1. The maximum absolute atomic E-state index is 11.3. The molecule has 1 aromatic rings. The van der Waals surface area contributed by atoms with E-state index in [1.54, 1.807) is 22.9 Å². The first-order valence-corrected chi connectivity index (χ1v) is 4.02. The summed E-state index contributed by atoms with van der Waals surface area (Å²) < 4.78 is 6.48. The first-order chi connectivity index (χ1) is 6.74. The molecule has 1 aromatic heterocycles. The molecule has 0 aromatic carbocycles. The van der Waals surface area contributed by atoms with Gasteiger partial charge in [0.1, 0.15) is 12.6 Å². The average Bonchev–Trinajstić information content (AvgIpc) is 2.18. The zero-order valence-corrected chi connectivity index (χ0v) is 8.10. The van der Waals surface area contributed by atoms with Crippen molar-refractivity contribution in [1.29, 1.82) is 0 Å². The SMILES string of the molecule is COOCOC(=O)c1ccc[n+](C)c1. The molecule has 5 heteroatoms. The molecule has 0 saturated heterocycles. The molecule has 76 valence electrons. The van der Waals surface area contributed by atoms with Gasteiger partial charge in [-0.05, 0) is 6.07 Å². The Morgan fingerprint density at radius 1 is 1.57 bits per heavy atom. The lowest BCUT2D eigenvalue weighted by Crippen LogP contribution is -2.28. The van der Waals surface area contributed by atoms with Crippen LogP contribution in [0.1, 0.15) is 10.4 Å². The van der Waals surface area contributed by atoms with Gasteiger partial charge in [0.15, 0.2) is 12.4 Å². The number of rotatable bonds is 4. The maximum Gasteiger partial charge on any atom is 0.346 e. The Morgan fingerprint density at radius 3 is 3.00 bits per heavy atom. The molecule has 5 nitrogen and oxygen atoms in total. The van der Waals surface area contributed by atoms with Crippen LogP contribution in [0.25, 0.3) is 0 Å². The van der Waals surface area contributed by atoms with Crippen molar-refractivity contribution < 1.29 is 23.9 Å². The Balaban J connectivity index is 2.52. The van der Waals surface area contributed by atoms with Crippen molar-refractivity contribution in [2.75, 3.05) is 13.9 Å². The monoisotopic (exact) mass is 198 g/mol. The molecule has 0 aliphatic carbocycles. The van der Waals surface area contributed by atoms with Crippen molar-refractivity contribution in [3.05, 3.63) is 30.1 Å². The molecular formula is C9H12NO4+. The number of carbonyl (C=O) groups is 1. The fourth-order valence-corrected chi connectivity index (χ4v) is 0.918. The summed E-state index contributed by atoms with van der Waals surface area (Å²) in [5.74, 6) is -0.446. The Hall–Kier alpha value is -1.46. The lowest BCUT2D eigenvalue weighted by molar-refractivity contribution is -0.671. The number of hydrogen-bond acceptors (Lipinski definition) is 4. The number of carbonyl (C=O) groups excluding carboxylic acids is 1. The highest BCUT2D eigenvalue weighted by molar-refractivity contribution is 5.88. The highest BCUT2D eigenvalue weighted by atomic mass is 17.2. The number of ether oxygens (including phenoxy) is 1. The van der Waals surface area contributed by atoms with E-state index in [9.17, 15) is 4.79 Å². The van der Waals surface area contributed by atoms with Gasteiger partial charge < -0.3 is 4.74 Å². The van der Waals surface area contributed by atoms with E-state index in [2.05, 4.69) is 9.78 Å². The van der Waals surface area contributed by atoms with E-state index in [-0.39, 0.29) is 6.79 Å². The number of esters is 1. The lowest BCUT2D eigenvalue weighted by atomic mass is 10.3. The molecule has 0 aliphatic rings. The van der Waals surface area contributed by atoms with E-state index in [1.807, 2.05) is 13.2 Å². The fraction of sp³-hybridized carbons (Fsp3) is 0.333. The van der Waals surface area contributed by atoms with Crippen LogP contribution in [0.3, 0.4) is 0 Å². The quantitative estimate of drug-likeness (QED) is 0.173. The van der Waals surface area contributed by atoms with Gasteiger partial charge in [-0.25, -0.2) is 14.2 Å². The average molecular weight is 198 g/mol. The van der Waals surface area contributed by atoms with E-state index in [1.165, 1.54) is 7.11 Å². The van der Waals surface area contributed by atoms with E-state index >= 15 is 0 Å². The predicted molar refractivity (Wildman–Crippen MR) is 46.0 cm³/mol. The summed E-state index contributed by atoms with van der Waals surface area (Å²) in [4.78, 5) is 20.0. The first-order valence-electron chi connectivity index (χ1n) is 4.02. The maximum atomic E-state index is 11.3. The van der Waals surface area contributed by atoms with Gasteiger partial charge >= 0.3 is 5.97 Å². The highest BCUT2D eigenvalue weighted by Gasteiger charge is 2.09. The second kappa shape index (κ2) is 5.31. The summed E-state index contributed by atoms with van der Waals surface area (Å²) in [7, 11) is 3.17. The minimum Gasteiger partial charge on any atom is -0.432 e. The molecule has 0 N–H and O–H groups in total. The largest absolute Gasteiger partial charge is 0.432 e. The van der Waals surface area contributed by atoms with Gasteiger partial charge in [-0.2, -0.15) is 4.89 Å². The molecule has 0 unspecified atom stereocenters. The molecule has 1 heterocycles. The third kappa shape index (κ3) is 3.12. The van der Waals surface area contributed by atoms with E-state index in [4.69, 9.17) is 4.74 Å². The summed E-state index contributed by atoms with van der Waals surface area (Å²) in [6.45, 7) is -0.214. The molecule has 1 rings (SSSR count). The minimum absolute atomic E-state index is 0.214. The lowest BCUT2D eigenvalue weighted by Gasteiger charge is -2.01. The number of aromatic nitrogens is 1. The summed E-state index contributed by atoms with van der Waals surface area (Å²) in [6, 6.07) is 3.42. The third-order valence-corrected chi connectivity index (χ3v) is 1.53. The molecule has 0 saturated carbocycles. The molecular weight excluding hydrogens is 186 g/mol. The normalized spacial score (nSPS) is 9.86. The van der Waals surface area contributed by atoms with Gasteiger partial charge in [-0.1, -0.05) is 0 Å². The van der Waals surface area contributed by atoms with Crippen LogP contribution in [0.4, 0.5) is 0 Å². The summed E-state index contributed by atoms with van der Waals surface area (Å²) >= 11 is 0. The van der Waals surface area contributed by atoms with Crippen LogP contribution in [0.15, 0.2) is 24.5 Å². The van der Waals surface area contributed by atoms with Gasteiger partial charge in [0.25, 0.3) is 0 Å². The topological polar surface area (TPSA) is 48.6 Å². The molecule has 0 spiro atoms. The van der Waals surface area contributed by atoms with Crippen LogP contribution < -0.4 is 4.57 Å². The van der Waals surface area contributed by atoms with E-state index in [0.717, 1.165) is 0 Å². The Morgan fingerprint density at radius 2 is 2.36 bits per heavy atom. The Bertz CT molecular complexity index is 313. The molecule has 0 aliphatic heterocycles.